The zero-order valence-electron chi connectivity index (χ0n) is 23.2. The van der Waals surface area contributed by atoms with Gasteiger partial charge >= 0.3 is 0 Å². The molecule has 0 atom stereocenters. The predicted molar refractivity (Wildman–Crippen MR) is 166 cm³/mol. The maximum atomic E-state index is 6.23. The Morgan fingerprint density at radius 2 is 1.34 bits per heavy atom. The topological polar surface area (TPSA) is 39.9 Å². The molecule has 6 aromatic rings. The molecule has 0 amide bonds. The maximum Gasteiger partial charge on any atom is 0.219 e. The summed E-state index contributed by atoms with van der Waals surface area (Å²) in [6.45, 7) is 0. The van der Waals surface area contributed by atoms with Crippen molar-refractivity contribution in [2.45, 2.75) is 56.8 Å². The molecule has 2 saturated carbocycles. The number of hydrogen-bond donors (Lipinski definition) is 0. The third-order valence-corrected chi connectivity index (χ3v) is 8.95. The quantitative estimate of drug-likeness (QED) is 0.213. The molecule has 0 spiro atoms. The lowest BCUT2D eigenvalue weighted by Crippen LogP contribution is -2.06. The highest BCUT2D eigenvalue weighted by Gasteiger charge is 2.24. The molecule has 2 fully saturated rings. The lowest BCUT2D eigenvalue weighted by molar-refractivity contribution is 0.443. The first-order chi connectivity index (χ1) is 20.3. The molecule has 4 heteroatoms. The fourth-order valence-corrected chi connectivity index (χ4v) is 6.65. The first-order valence-corrected chi connectivity index (χ1v) is 15.0. The molecule has 3 aromatic heterocycles. The van der Waals surface area contributed by atoms with E-state index in [1.807, 2.05) is 18.5 Å². The fourth-order valence-electron chi connectivity index (χ4n) is 6.65. The number of pyridine rings is 2. The van der Waals surface area contributed by atoms with Gasteiger partial charge in [-0.3, -0.25) is 4.57 Å². The van der Waals surface area contributed by atoms with Gasteiger partial charge in [-0.05, 0) is 102 Å². The van der Waals surface area contributed by atoms with Crippen LogP contribution in [0.1, 0.15) is 67.9 Å². The zero-order valence-corrected chi connectivity index (χ0v) is 23.2. The molecule has 0 bridgehead atoms. The second-order valence-corrected chi connectivity index (χ2v) is 11.7. The molecule has 2 aliphatic carbocycles. The van der Waals surface area contributed by atoms with Crippen LogP contribution in [0.15, 0.2) is 103 Å². The number of rotatable bonds is 6. The number of benzene rings is 3. The van der Waals surface area contributed by atoms with Gasteiger partial charge < -0.3 is 4.74 Å². The van der Waals surface area contributed by atoms with Crippen molar-refractivity contribution in [2.75, 3.05) is 0 Å². The lowest BCUT2D eigenvalue weighted by atomic mass is 9.84. The first-order valence-electron chi connectivity index (χ1n) is 15.0. The Morgan fingerprint density at radius 3 is 2.22 bits per heavy atom. The van der Waals surface area contributed by atoms with Gasteiger partial charge in [-0.25, -0.2) is 9.97 Å². The summed E-state index contributed by atoms with van der Waals surface area (Å²) in [6.07, 6.45) is 12.9. The van der Waals surface area contributed by atoms with Gasteiger partial charge in [-0.1, -0.05) is 61.7 Å². The number of ether oxygens (including phenoxy) is 1. The van der Waals surface area contributed by atoms with Crippen LogP contribution in [-0.2, 0) is 0 Å². The molecule has 0 saturated heterocycles. The van der Waals surface area contributed by atoms with Crippen LogP contribution in [-0.4, -0.2) is 14.5 Å². The average molecular weight is 536 g/mol. The van der Waals surface area contributed by atoms with E-state index in [4.69, 9.17) is 9.72 Å². The average Bonchev–Trinajstić information content (AvgIpc) is 3.84. The number of para-hydroxylation sites is 1. The van der Waals surface area contributed by atoms with Crippen molar-refractivity contribution < 1.29 is 4.74 Å². The minimum atomic E-state index is 0.636. The van der Waals surface area contributed by atoms with Gasteiger partial charge in [0.2, 0.25) is 5.88 Å². The summed E-state index contributed by atoms with van der Waals surface area (Å²) in [7, 11) is 0. The van der Waals surface area contributed by atoms with Crippen molar-refractivity contribution in [2.24, 2.45) is 0 Å². The van der Waals surface area contributed by atoms with E-state index < -0.39 is 0 Å². The Bertz CT molecular complexity index is 1880. The van der Waals surface area contributed by atoms with E-state index in [0.29, 0.717) is 17.7 Å². The molecule has 4 nitrogen and oxygen atoms in total. The predicted octanol–water partition coefficient (Wildman–Crippen LogP) is 9.96. The number of aromatic nitrogens is 3. The Balaban J connectivity index is 1.20. The van der Waals surface area contributed by atoms with Crippen LogP contribution in [0.3, 0.4) is 0 Å². The molecule has 202 valence electrons. The molecule has 0 aliphatic heterocycles. The Labute approximate surface area is 240 Å². The molecule has 3 heterocycles. The van der Waals surface area contributed by atoms with Gasteiger partial charge in [-0.15, -0.1) is 0 Å². The molecule has 0 N–H and O–H groups in total. The van der Waals surface area contributed by atoms with Crippen LogP contribution in [0.4, 0.5) is 0 Å². The van der Waals surface area contributed by atoms with Crippen LogP contribution >= 0.6 is 0 Å². The fraction of sp³-hybridized carbons (Fsp3) is 0.243. The van der Waals surface area contributed by atoms with Crippen LogP contribution in [0.5, 0.6) is 11.6 Å². The van der Waals surface area contributed by atoms with Crippen molar-refractivity contribution in [3.05, 3.63) is 115 Å². The van der Waals surface area contributed by atoms with Gasteiger partial charge in [0.25, 0.3) is 0 Å². The monoisotopic (exact) mass is 535 g/mol. The van der Waals surface area contributed by atoms with Crippen LogP contribution < -0.4 is 4.74 Å². The van der Waals surface area contributed by atoms with E-state index in [-0.39, 0.29) is 0 Å². The summed E-state index contributed by atoms with van der Waals surface area (Å²) in [4.78, 5) is 9.37. The van der Waals surface area contributed by atoms with Crippen molar-refractivity contribution in [3.63, 3.8) is 0 Å². The molecular formula is C37H33N3O. The Morgan fingerprint density at radius 1 is 0.585 bits per heavy atom. The molecule has 2 aliphatic rings. The van der Waals surface area contributed by atoms with Gasteiger partial charge in [0.05, 0.1) is 11.0 Å². The second kappa shape index (κ2) is 10.2. The molecular weight excluding hydrogens is 502 g/mol. The van der Waals surface area contributed by atoms with Crippen molar-refractivity contribution >= 4 is 21.8 Å². The number of fused-ring (bicyclic) bond motifs is 3. The van der Waals surface area contributed by atoms with Crippen molar-refractivity contribution in [1.29, 1.82) is 0 Å². The van der Waals surface area contributed by atoms with E-state index in [1.165, 1.54) is 77.9 Å². The summed E-state index contributed by atoms with van der Waals surface area (Å²) in [5.41, 5.74) is 7.36. The zero-order chi connectivity index (χ0) is 27.2. The third-order valence-electron chi connectivity index (χ3n) is 8.95. The largest absolute Gasteiger partial charge is 0.439 e. The second-order valence-electron chi connectivity index (χ2n) is 11.7. The van der Waals surface area contributed by atoms with E-state index in [0.717, 1.165) is 22.7 Å². The normalized spacial score (nSPS) is 15.9. The highest BCUT2D eigenvalue weighted by molar-refractivity contribution is 6.10. The standard InChI is InChI=1S/C37H33N3O/c1-2-7-25(8-3-1)29-17-19-38-36(23-29)40-34-12-5-4-11-32(34)33-16-15-28(22-35(33)40)27-9-6-10-31(21-27)41-37-24-30(18-20-39-37)26-13-14-26/h4-6,9-12,15-26H,1-3,7-8,13-14H2. The van der Waals surface area contributed by atoms with Gasteiger partial charge in [0.15, 0.2) is 0 Å². The molecule has 41 heavy (non-hydrogen) atoms. The summed E-state index contributed by atoms with van der Waals surface area (Å²) in [5, 5.41) is 2.49. The Kier molecular flexibility index (Phi) is 6.06. The smallest absolute Gasteiger partial charge is 0.219 e. The SMILES string of the molecule is c1cc(Oc2cc(C3CC3)ccn2)cc(-c2ccc3c4ccccc4n(-c4cc(C5CCCCC5)ccn4)c3c2)c1. The third kappa shape index (κ3) is 4.67. The van der Waals surface area contributed by atoms with E-state index >= 15 is 0 Å². The summed E-state index contributed by atoms with van der Waals surface area (Å²) in [5.74, 6) is 3.76. The summed E-state index contributed by atoms with van der Waals surface area (Å²) in [6, 6.07) is 32.5. The minimum Gasteiger partial charge on any atom is -0.439 e. The van der Waals surface area contributed by atoms with Gasteiger partial charge in [0, 0.05) is 29.2 Å². The Hall–Kier alpha value is -4.44. The van der Waals surface area contributed by atoms with Crippen molar-refractivity contribution in [1.82, 2.24) is 14.5 Å². The minimum absolute atomic E-state index is 0.636. The summed E-state index contributed by atoms with van der Waals surface area (Å²) < 4.78 is 8.57. The molecule has 0 unspecified atom stereocenters. The number of hydrogen-bond acceptors (Lipinski definition) is 3. The van der Waals surface area contributed by atoms with E-state index in [1.54, 1.807) is 0 Å². The molecule has 0 radical (unpaired) electrons. The lowest BCUT2D eigenvalue weighted by Gasteiger charge is -2.22. The van der Waals surface area contributed by atoms with E-state index in [2.05, 4.69) is 94.5 Å². The van der Waals surface area contributed by atoms with Crippen molar-refractivity contribution in [3.8, 4) is 28.6 Å². The van der Waals surface area contributed by atoms with Gasteiger partial charge in [0.1, 0.15) is 11.6 Å². The molecule has 8 rings (SSSR count). The van der Waals surface area contributed by atoms with Crippen LogP contribution in [0.25, 0.3) is 38.8 Å². The first kappa shape index (κ1) is 24.4. The van der Waals surface area contributed by atoms with Gasteiger partial charge in [-0.2, -0.15) is 0 Å². The highest BCUT2D eigenvalue weighted by atomic mass is 16.5. The summed E-state index contributed by atoms with van der Waals surface area (Å²) >= 11 is 0. The maximum absolute atomic E-state index is 6.23. The number of nitrogens with zero attached hydrogens (tertiary/aromatic N) is 3. The van der Waals surface area contributed by atoms with Crippen LogP contribution in [0, 0.1) is 0 Å². The van der Waals surface area contributed by atoms with E-state index in [9.17, 15) is 0 Å². The van der Waals surface area contributed by atoms with Crippen LogP contribution in [0.2, 0.25) is 0 Å². The highest BCUT2D eigenvalue weighted by Crippen LogP contribution is 2.41. The molecule has 3 aromatic carbocycles.